The van der Waals surface area contributed by atoms with Crippen LogP contribution in [0.15, 0.2) is 24.3 Å². The first kappa shape index (κ1) is 13.5. The van der Waals surface area contributed by atoms with E-state index < -0.39 is 0 Å². The van der Waals surface area contributed by atoms with Crippen molar-refractivity contribution >= 4 is 0 Å². The Morgan fingerprint density at radius 1 is 0.643 bits per heavy atom. The highest BCUT2D eigenvalue weighted by molar-refractivity contribution is 4.84. The number of allylic oxidation sites excluding steroid dienone is 4. The Hall–Kier alpha value is -0.520. The summed E-state index contributed by atoms with van der Waals surface area (Å²) in [6.07, 6.45) is 19.6. The fourth-order valence-electron chi connectivity index (χ4n) is 1.39. The lowest BCUT2D eigenvalue weighted by molar-refractivity contribution is 0.727. The molecule has 0 heteroatoms. The summed E-state index contributed by atoms with van der Waals surface area (Å²) in [5, 5.41) is 0. The molecule has 0 aliphatic carbocycles. The molecule has 0 aromatic rings. The van der Waals surface area contributed by atoms with Crippen LogP contribution in [0.4, 0.5) is 0 Å². The lowest BCUT2D eigenvalue weighted by atomic mass is 10.1. The molecule has 0 fully saturated rings. The molecule has 0 N–H and O–H groups in total. The first-order chi connectivity index (χ1) is 6.91. The fourth-order valence-corrected chi connectivity index (χ4v) is 1.39. The summed E-state index contributed by atoms with van der Waals surface area (Å²) < 4.78 is 0. The summed E-state index contributed by atoms with van der Waals surface area (Å²) in [5.74, 6) is 0. The van der Waals surface area contributed by atoms with E-state index in [0.717, 1.165) is 0 Å². The molecular formula is C14H26. The smallest absolute Gasteiger partial charge is 0.0348 e. The van der Waals surface area contributed by atoms with Crippen LogP contribution in [0.2, 0.25) is 0 Å². The predicted octanol–water partition coefficient (Wildman–Crippen LogP) is 5.26. The molecule has 0 saturated heterocycles. The molecule has 0 spiro atoms. The quantitative estimate of drug-likeness (QED) is 0.347. The van der Waals surface area contributed by atoms with Gasteiger partial charge in [0.25, 0.3) is 0 Å². The summed E-state index contributed by atoms with van der Waals surface area (Å²) in [6.45, 7) is 4.44. The Morgan fingerprint density at radius 2 is 1.21 bits per heavy atom. The Balaban J connectivity index is 3.07. The standard InChI is InChI=1S/C14H26/c1-3-5-7-9-11-13-14-12-10-8-6-4-2/h5,7,12,14H,3-4,6,8-11,13H2,1-2H3/b7-5+,14-12-. The van der Waals surface area contributed by atoms with Gasteiger partial charge in [0, 0.05) is 0 Å². The molecule has 14 heavy (non-hydrogen) atoms. The normalized spacial score (nSPS) is 11.9. The van der Waals surface area contributed by atoms with Gasteiger partial charge in [-0.05, 0) is 38.5 Å². The number of unbranched alkanes of at least 4 members (excludes halogenated alkanes) is 5. The van der Waals surface area contributed by atoms with Crippen molar-refractivity contribution in [1.82, 2.24) is 0 Å². The summed E-state index contributed by atoms with van der Waals surface area (Å²) >= 11 is 0. The molecule has 0 amide bonds. The third-order valence-electron chi connectivity index (χ3n) is 2.28. The highest BCUT2D eigenvalue weighted by atomic mass is 13.9. The van der Waals surface area contributed by atoms with E-state index in [2.05, 4.69) is 38.2 Å². The summed E-state index contributed by atoms with van der Waals surface area (Å²) in [7, 11) is 0. The predicted molar refractivity (Wildman–Crippen MR) is 66.6 cm³/mol. The maximum Gasteiger partial charge on any atom is -0.0348 e. The number of rotatable bonds is 9. The molecule has 0 radical (unpaired) electrons. The average molecular weight is 194 g/mol. The van der Waals surface area contributed by atoms with E-state index >= 15 is 0 Å². The van der Waals surface area contributed by atoms with Gasteiger partial charge in [-0.3, -0.25) is 0 Å². The maximum atomic E-state index is 2.35. The molecule has 0 nitrogen and oxygen atoms in total. The monoisotopic (exact) mass is 194 g/mol. The van der Waals surface area contributed by atoms with Crippen LogP contribution in [0.5, 0.6) is 0 Å². The van der Waals surface area contributed by atoms with Gasteiger partial charge in [-0.25, -0.2) is 0 Å². The molecule has 0 heterocycles. The first-order valence-corrected chi connectivity index (χ1v) is 6.21. The van der Waals surface area contributed by atoms with Gasteiger partial charge in [-0.2, -0.15) is 0 Å². The molecule has 0 aromatic heterocycles. The Bertz CT molecular complexity index is 142. The molecule has 82 valence electrons. The third-order valence-corrected chi connectivity index (χ3v) is 2.28. The van der Waals surface area contributed by atoms with Crippen LogP contribution in [0.1, 0.15) is 65.2 Å². The van der Waals surface area contributed by atoms with E-state index in [4.69, 9.17) is 0 Å². The first-order valence-electron chi connectivity index (χ1n) is 6.21. The lowest BCUT2D eigenvalue weighted by Gasteiger charge is -1.92. The minimum atomic E-state index is 1.17. The molecule has 0 saturated carbocycles. The van der Waals surface area contributed by atoms with Crippen molar-refractivity contribution in [3.05, 3.63) is 24.3 Å². The zero-order chi connectivity index (χ0) is 10.5. The van der Waals surface area contributed by atoms with Crippen molar-refractivity contribution in [2.75, 3.05) is 0 Å². The van der Waals surface area contributed by atoms with Gasteiger partial charge in [0.05, 0.1) is 0 Å². The highest BCUT2D eigenvalue weighted by Crippen LogP contribution is 2.02. The fraction of sp³-hybridized carbons (Fsp3) is 0.714. The minimum absolute atomic E-state index is 1.17. The van der Waals surface area contributed by atoms with Gasteiger partial charge in [-0.15, -0.1) is 0 Å². The zero-order valence-corrected chi connectivity index (χ0v) is 9.97. The van der Waals surface area contributed by atoms with Crippen molar-refractivity contribution in [3.63, 3.8) is 0 Å². The molecule has 0 rings (SSSR count). The second-order valence-electron chi connectivity index (χ2n) is 3.78. The van der Waals surface area contributed by atoms with E-state index in [1.807, 2.05) is 0 Å². The van der Waals surface area contributed by atoms with Crippen LogP contribution >= 0.6 is 0 Å². The van der Waals surface area contributed by atoms with Crippen LogP contribution in [-0.2, 0) is 0 Å². The topological polar surface area (TPSA) is 0 Å². The molecular weight excluding hydrogens is 168 g/mol. The lowest BCUT2D eigenvalue weighted by Crippen LogP contribution is -1.72. The van der Waals surface area contributed by atoms with Gasteiger partial charge >= 0.3 is 0 Å². The van der Waals surface area contributed by atoms with E-state index in [0.29, 0.717) is 0 Å². The van der Waals surface area contributed by atoms with Crippen molar-refractivity contribution in [3.8, 4) is 0 Å². The third kappa shape index (κ3) is 11.5. The molecule has 0 unspecified atom stereocenters. The van der Waals surface area contributed by atoms with Gasteiger partial charge in [-0.1, -0.05) is 51.0 Å². The average Bonchev–Trinajstić information content (AvgIpc) is 2.21. The van der Waals surface area contributed by atoms with Crippen molar-refractivity contribution in [2.24, 2.45) is 0 Å². The van der Waals surface area contributed by atoms with Crippen molar-refractivity contribution in [2.45, 2.75) is 65.2 Å². The molecule has 0 bridgehead atoms. The van der Waals surface area contributed by atoms with E-state index in [1.165, 1.54) is 51.4 Å². The molecule has 0 aromatic carbocycles. The maximum absolute atomic E-state index is 2.35. The van der Waals surface area contributed by atoms with Gasteiger partial charge in [0.2, 0.25) is 0 Å². The van der Waals surface area contributed by atoms with Crippen LogP contribution in [0, 0.1) is 0 Å². The summed E-state index contributed by atoms with van der Waals surface area (Å²) in [6, 6.07) is 0. The van der Waals surface area contributed by atoms with Gasteiger partial charge in [0.15, 0.2) is 0 Å². The van der Waals surface area contributed by atoms with Crippen LogP contribution in [0.3, 0.4) is 0 Å². The van der Waals surface area contributed by atoms with Gasteiger partial charge in [0.1, 0.15) is 0 Å². The van der Waals surface area contributed by atoms with Crippen LogP contribution < -0.4 is 0 Å². The second-order valence-corrected chi connectivity index (χ2v) is 3.78. The zero-order valence-electron chi connectivity index (χ0n) is 9.97. The number of hydrogen-bond donors (Lipinski definition) is 0. The van der Waals surface area contributed by atoms with Crippen molar-refractivity contribution < 1.29 is 0 Å². The van der Waals surface area contributed by atoms with Gasteiger partial charge < -0.3 is 0 Å². The molecule has 0 aliphatic rings. The van der Waals surface area contributed by atoms with Crippen LogP contribution in [-0.4, -0.2) is 0 Å². The Labute approximate surface area is 90.1 Å². The number of hydrogen-bond acceptors (Lipinski definition) is 0. The Kier molecular flexibility index (Phi) is 12.0. The van der Waals surface area contributed by atoms with E-state index in [-0.39, 0.29) is 0 Å². The summed E-state index contributed by atoms with van der Waals surface area (Å²) in [5.41, 5.74) is 0. The van der Waals surface area contributed by atoms with Crippen molar-refractivity contribution in [1.29, 1.82) is 0 Å². The second kappa shape index (κ2) is 12.5. The SMILES string of the molecule is CC/C=C/CCC/C=C\CCCCC. The largest absolute Gasteiger partial charge is 0.0888 e. The van der Waals surface area contributed by atoms with E-state index in [1.54, 1.807) is 0 Å². The highest BCUT2D eigenvalue weighted by Gasteiger charge is 1.82. The minimum Gasteiger partial charge on any atom is -0.0888 e. The summed E-state index contributed by atoms with van der Waals surface area (Å²) in [4.78, 5) is 0. The molecule has 0 atom stereocenters. The van der Waals surface area contributed by atoms with Crippen LogP contribution in [0.25, 0.3) is 0 Å². The Morgan fingerprint density at radius 3 is 1.79 bits per heavy atom. The molecule has 0 aliphatic heterocycles. The van der Waals surface area contributed by atoms with E-state index in [9.17, 15) is 0 Å².